The Morgan fingerprint density at radius 1 is 1.26 bits per heavy atom. The third kappa shape index (κ3) is 5.77. The minimum Gasteiger partial charge on any atom is -0.387 e. The van der Waals surface area contributed by atoms with Crippen molar-refractivity contribution in [3.05, 3.63) is 11.0 Å². The van der Waals surface area contributed by atoms with Crippen LogP contribution in [0.15, 0.2) is 6.33 Å². The Labute approximate surface area is 192 Å². The predicted octanol–water partition coefficient (Wildman–Crippen LogP) is -0.627. The van der Waals surface area contributed by atoms with Crippen LogP contribution >= 0.6 is 35.7 Å². The minimum absolute atomic E-state index is 0.0233. The van der Waals surface area contributed by atoms with E-state index in [0.717, 1.165) is 10.9 Å². The molecule has 0 aliphatic carbocycles. The van der Waals surface area contributed by atoms with Crippen molar-refractivity contribution in [2.45, 2.75) is 24.0 Å². The summed E-state index contributed by atoms with van der Waals surface area (Å²) in [5.74, 6) is -0.161. The number of rotatable bonds is 9. The average molecular weight is 571 g/mol. The lowest BCUT2D eigenvalue weighted by molar-refractivity contribution is -0.118. The molecule has 1 aliphatic heterocycles. The number of ether oxygens (including phenoxy) is 1. The third-order valence-corrected chi connectivity index (χ3v) is 8.43. The van der Waals surface area contributed by atoms with E-state index < -0.39 is 60.8 Å². The van der Waals surface area contributed by atoms with Crippen LogP contribution in [-0.2, 0) is 31.6 Å². The van der Waals surface area contributed by atoms with Gasteiger partial charge in [0.2, 0.25) is 0 Å². The average Bonchev–Trinajstić information content (AvgIpc) is 3.17. The molecule has 2 aromatic rings. The van der Waals surface area contributed by atoms with Crippen molar-refractivity contribution in [2.75, 3.05) is 19.0 Å². The molecule has 6 atom stereocenters. The Kier molecular flexibility index (Phi) is 7.52. The Balaban J connectivity index is 1.82. The molecular weight excluding hydrogens is 554 g/mol. The van der Waals surface area contributed by atoms with Crippen molar-refractivity contribution in [1.29, 1.82) is 0 Å². The molecule has 2 aromatic heterocycles. The maximum atomic E-state index is 13.8. The third-order valence-electron chi connectivity index (χ3n) is 4.35. The van der Waals surface area contributed by atoms with Crippen molar-refractivity contribution in [2.24, 2.45) is 0 Å². The van der Waals surface area contributed by atoms with Gasteiger partial charge in [-0.15, -0.1) is 0 Å². The molecule has 0 aromatic carbocycles. The lowest BCUT2D eigenvalue weighted by atomic mass is 9.95. The van der Waals surface area contributed by atoms with E-state index in [2.05, 4.69) is 28.1 Å². The number of nitrogens with two attached hydrogens (primary N) is 1. The Morgan fingerprint density at radius 2 is 1.91 bits per heavy atom. The van der Waals surface area contributed by atoms with Crippen molar-refractivity contribution < 1.29 is 65.8 Å². The van der Waals surface area contributed by atoms with Crippen molar-refractivity contribution in [3.63, 3.8) is 0 Å². The van der Waals surface area contributed by atoms with Crippen LogP contribution in [0, 0.1) is 4.64 Å². The SMILES string of the molecule is Nc1nc(=S)c2ncn([C@@H]3O[C@H](COP(=O)(O)OP(=O)(O)OP(=O)(O)O)[C@@H](O)[C@]3(O)CF)c2[nH]1. The lowest BCUT2D eigenvalue weighted by Crippen LogP contribution is -2.49. The van der Waals surface area contributed by atoms with Crippen LogP contribution in [0.2, 0.25) is 0 Å². The molecule has 192 valence electrons. The number of anilines is 1. The number of phosphoric ester groups is 1. The first-order chi connectivity index (χ1) is 15.5. The number of phosphoric acid groups is 3. The fourth-order valence-corrected chi connectivity index (χ4v) is 6.29. The first-order valence-corrected chi connectivity index (χ1v) is 13.5. The maximum Gasteiger partial charge on any atom is 0.490 e. The fourth-order valence-electron chi connectivity index (χ4n) is 3.01. The summed E-state index contributed by atoms with van der Waals surface area (Å²) in [5.41, 5.74) is 3.04. The predicted molar refractivity (Wildman–Crippen MR) is 108 cm³/mol. The van der Waals surface area contributed by atoms with Gasteiger partial charge in [-0.3, -0.25) is 9.09 Å². The van der Waals surface area contributed by atoms with Gasteiger partial charge < -0.3 is 45.2 Å². The van der Waals surface area contributed by atoms with Crippen LogP contribution in [0.25, 0.3) is 11.2 Å². The molecule has 3 rings (SSSR count). The van der Waals surface area contributed by atoms with Crippen molar-refractivity contribution >= 4 is 52.8 Å². The van der Waals surface area contributed by atoms with E-state index in [9.17, 15) is 33.2 Å². The van der Waals surface area contributed by atoms with Gasteiger partial charge in [0.05, 0.1) is 12.9 Å². The summed E-state index contributed by atoms with van der Waals surface area (Å²) in [5, 5.41) is 21.1. The zero-order valence-electron chi connectivity index (χ0n) is 16.3. The highest BCUT2D eigenvalue weighted by molar-refractivity contribution is 7.71. The Bertz CT molecular complexity index is 1280. The van der Waals surface area contributed by atoms with Crippen LogP contribution in [0.1, 0.15) is 6.23 Å². The number of halogens is 1. The normalized spacial score (nSPS) is 29.2. The van der Waals surface area contributed by atoms with Crippen LogP contribution in [0.3, 0.4) is 0 Å². The quantitative estimate of drug-likeness (QED) is 0.137. The number of hydrogen-bond acceptors (Lipinski definition) is 13. The monoisotopic (exact) mass is 571 g/mol. The second-order valence-electron chi connectivity index (χ2n) is 6.76. The van der Waals surface area contributed by atoms with Crippen LogP contribution in [0.5, 0.6) is 0 Å². The number of nitrogens with zero attached hydrogens (tertiary/aromatic N) is 3. The van der Waals surface area contributed by atoms with Gasteiger partial charge in [0.15, 0.2) is 22.4 Å². The van der Waals surface area contributed by atoms with Gasteiger partial charge in [-0.05, 0) is 0 Å². The standard InChI is InChI=1S/C11H17FN5O13P3S/c12-2-11(19)6(18)4(1-27-32(23,24)30-33(25,26)29-31(20,21)22)28-9(11)17-3-14-5-7(17)15-10(13)16-8(5)34/h3-4,6,9,18-19H,1-2H2,(H,23,24)(H,25,26)(H2,20,21,22)(H3,13,15,16,34)/t4-,6-,9-,11-/m1/s1. The molecule has 0 radical (unpaired) electrons. The molecule has 18 nitrogen and oxygen atoms in total. The van der Waals surface area contributed by atoms with E-state index in [-0.39, 0.29) is 21.8 Å². The highest BCUT2D eigenvalue weighted by Crippen LogP contribution is 2.66. The van der Waals surface area contributed by atoms with E-state index in [1.54, 1.807) is 0 Å². The van der Waals surface area contributed by atoms with Gasteiger partial charge >= 0.3 is 23.5 Å². The van der Waals surface area contributed by atoms with Crippen molar-refractivity contribution in [3.8, 4) is 0 Å². The highest BCUT2D eigenvalue weighted by atomic mass is 32.1. The molecule has 0 bridgehead atoms. The summed E-state index contributed by atoms with van der Waals surface area (Å²) in [7, 11) is -17.0. The number of aromatic nitrogens is 4. The Hall–Kier alpha value is -1.21. The van der Waals surface area contributed by atoms with Gasteiger partial charge in [-0.1, -0.05) is 12.2 Å². The van der Waals surface area contributed by atoms with Gasteiger partial charge in [-0.2, -0.15) is 8.62 Å². The number of aliphatic hydroxyl groups is 2. The van der Waals surface area contributed by atoms with E-state index in [1.807, 2.05) is 0 Å². The maximum absolute atomic E-state index is 13.8. The number of imidazole rings is 1. The van der Waals surface area contributed by atoms with Crippen LogP contribution in [0.4, 0.5) is 10.3 Å². The smallest absolute Gasteiger partial charge is 0.387 e. The molecule has 0 spiro atoms. The summed E-state index contributed by atoms with van der Waals surface area (Å²) in [6, 6.07) is 0. The number of nitrogens with one attached hydrogen (secondary N) is 1. The summed E-state index contributed by atoms with van der Waals surface area (Å²) >= 11 is 5.01. The number of alkyl halides is 1. The van der Waals surface area contributed by atoms with Gasteiger partial charge in [-0.25, -0.2) is 28.1 Å². The van der Waals surface area contributed by atoms with Gasteiger partial charge in [0.1, 0.15) is 30.0 Å². The fraction of sp³-hybridized carbons (Fsp3) is 0.545. The number of nitrogen functional groups attached to an aromatic ring is 1. The van der Waals surface area contributed by atoms with Gasteiger partial charge in [0.25, 0.3) is 0 Å². The van der Waals surface area contributed by atoms with Crippen LogP contribution < -0.4 is 5.73 Å². The zero-order valence-corrected chi connectivity index (χ0v) is 19.8. The molecule has 1 aliphatic rings. The molecule has 2 unspecified atom stereocenters. The van der Waals surface area contributed by atoms with E-state index in [0.29, 0.717) is 0 Å². The van der Waals surface area contributed by atoms with E-state index >= 15 is 0 Å². The topological polar surface area (TPSA) is 282 Å². The van der Waals surface area contributed by atoms with Gasteiger partial charge in [0, 0.05) is 0 Å². The lowest BCUT2D eigenvalue weighted by Gasteiger charge is -2.28. The number of aliphatic hydroxyl groups excluding tert-OH is 1. The number of H-pyrrole nitrogens is 1. The number of aromatic amines is 1. The largest absolute Gasteiger partial charge is 0.490 e. The molecule has 1 saturated heterocycles. The molecular formula is C11H17FN5O13P3S. The Morgan fingerprint density at radius 3 is 2.50 bits per heavy atom. The molecule has 9 N–H and O–H groups in total. The minimum atomic E-state index is -5.79. The van der Waals surface area contributed by atoms with E-state index in [1.165, 1.54) is 0 Å². The van der Waals surface area contributed by atoms with Crippen molar-refractivity contribution in [1.82, 2.24) is 19.5 Å². The summed E-state index contributed by atoms with van der Waals surface area (Å²) < 4.78 is 65.6. The summed E-state index contributed by atoms with van der Waals surface area (Å²) in [6.45, 7) is -2.73. The first kappa shape index (κ1) is 27.4. The zero-order chi connectivity index (χ0) is 25.7. The molecule has 1 fully saturated rings. The second-order valence-corrected chi connectivity index (χ2v) is 11.6. The molecule has 34 heavy (non-hydrogen) atoms. The molecule has 0 saturated carbocycles. The second kappa shape index (κ2) is 9.34. The summed E-state index contributed by atoms with van der Waals surface area (Å²) in [4.78, 5) is 46.1. The highest BCUT2D eigenvalue weighted by Gasteiger charge is 2.57. The van der Waals surface area contributed by atoms with Crippen LogP contribution in [-0.4, -0.2) is 80.4 Å². The number of hydrogen-bond donors (Lipinski definition) is 8. The molecule has 3 heterocycles. The summed E-state index contributed by atoms with van der Waals surface area (Å²) in [6.07, 6.45) is -4.51. The molecule has 23 heteroatoms. The number of fused-ring (bicyclic) bond motifs is 1. The first-order valence-electron chi connectivity index (χ1n) is 8.60. The molecule has 0 amide bonds. The van der Waals surface area contributed by atoms with E-state index in [4.69, 9.17) is 37.4 Å².